The third-order valence-corrected chi connectivity index (χ3v) is 3.93. The van der Waals surface area contributed by atoms with E-state index in [1.165, 1.54) is 6.07 Å². The van der Waals surface area contributed by atoms with Crippen molar-refractivity contribution >= 4 is 33.2 Å². The summed E-state index contributed by atoms with van der Waals surface area (Å²) < 4.78 is 19.8. The van der Waals surface area contributed by atoms with Gasteiger partial charge in [0.25, 0.3) is 0 Å². The van der Waals surface area contributed by atoms with Crippen molar-refractivity contribution in [2.24, 2.45) is 0 Å². The molecule has 2 nitrogen and oxygen atoms in total. The maximum absolute atomic E-state index is 13.7. The van der Waals surface area contributed by atoms with E-state index >= 15 is 0 Å². The molecule has 0 amide bonds. The fraction of sp³-hybridized carbons (Fsp3) is 0.200. The minimum atomic E-state index is -0.364. The number of hydrogen-bond acceptors (Lipinski definition) is 2. The van der Waals surface area contributed by atoms with Crippen molar-refractivity contribution in [2.45, 2.75) is 13.0 Å². The van der Waals surface area contributed by atoms with Crippen LogP contribution in [0.4, 0.5) is 10.1 Å². The molecule has 0 saturated heterocycles. The second kappa shape index (κ2) is 6.46. The highest BCUT2D eigenvalue weighted by Gasteiger charge is 2.12. The summed E-state index contributed by atoms with van der Waals surface area (Å²) in [7, 11) is 1.61. The fourth-order valence-electron chi connectivity index (χ4n) is 1.89. The highest BCUT2D eigenvalue weighted by molar-refractivity contribution is 9.10. The number of rotatable bonds is 4. The minimum Gasteiger partial charge on any atom is -0.496 e. The molecule has 0 spiro atoms. The van der Waals surface area contributed by atoms with Gasteiger partial charge in [-0.3, -0.25) is 0 Å². The van der Waals surface area contributed by atoms with Crippen LogP contribution in [0.5, 0.6) is 5.75 Å². The largest absolute Gasteiger partial charge is 0.496 e. The van der Waals surface area contributed by atoms with Gasteiger partial charge in [-0.15, -0.1) is 0 Å². The number of halogens is 3. The monoisotopic (exact) mass is 357 g/mol. The Morgan fingerprint density at radius 2 is 2.05 bits per heavy atom. The Morgan fingerprint density at radius 1 is 1.30 bits per heavy atom. The van der Waals surface area contributed by atoms with E-state index in [9.17, 15) is 4.39 Å². The molecule has 0 bridgehead atoms. The molecular formula is C15H14BrClFNO. The van der Waals surface area contributed by atoms with Gasteiger partial charge in [0.2, 0.25) is 0 Å². The Labute approximate surface area is 131 Å². The first-order valence-corrected chi connectivity index (χ1v) is 7.24. The number of nitrogens with one attached hydrogen (secondary N) is 1. The van der Waals surface area contributed by atoms with Gasteiger partial charge in [0.05, 0.1) is 22.3 Å². The van der Waals surface area contributed by atoms with Crippen LogP contribution in [0, 0.1) is 5.82 Å². The Kier molecular flexibility index (Phi) is 4.89. The first kappa shape index (κ1) is 15.1. The standard InChI is InChI=1S/C15H14BrClFNO/c1-9(10-6-7-14(20-2)11(16)8-10)19-15-12(17)4-3-5-13(15)18/h3-9,19H,1-2H3. The summed E-state index contributed by atoms with van der Waals surface area (Å²) in [5.41, 5.74) is 1.31. The number of anilines is 1. The van der Waals surface area contributed by atoms with Crippen molar-refractivity contribution in [3.8, 4) is 5.75 Å². The first-order valence-electron chi connectivity index (χ1n) is 6.07. The van der Waals surface area contributed by atoms with Gasteiger partial charge in [-0.05, 0) is 52.7 Å². The quantitative estimate of drug-likeness (QED) is 0.787. The van der Waals surface area contributed by atoms with E-state index in [1.54, 1.807) is 19.2 Å². The molecule has 1 unspecified atom stereocenters. The molecule has 0 saturated carbocycles. The van der Waals surface area contributed by atoms with E-state index in [0.29, 0.717) is 10.7 Å². The lowest BCUT2D eigenvalue weighted by Crippen LogP contribution is -2.08. The lowest BCUT2D eigenvalue weighted by atomic mass is 10.1. The third-order valence-electron chi connectivity index (χ3n) is 3.00. The fourth-order valence-corrected chi connectivity index (χ4v) is 2.66. The zero-order chi connectivity index (χ0) is 14.7. The predicted octanol–water partition coefficient (Wildman–Crippen LogP) is 5.42. The van der Waals surface area contributed by atoms with Crippen molar-refractivity contribution in [1.29, 1.82) is 0 Å². The van der Waals surface area contributed by atoms with Crippen LogP contribution in [0.3, 0.4) is 0 Å². The van der Waals surface area contributed by atoms with E-state index in [2.05, 4.69) is 21.2 Å². The van der Waals surface area contributed by atoms with Crippen molar-refractivity contribution in [3.63, 3.8) is 0 Å². The smallest absolute Gasteiger partial charge is 0.147 e. The van der Waals surface area contributed by atoms with Crippen LogP contribution in [-0.2, 0) is 0 Å². The molecule has 2 aromatic carbocycles. The Hall–Kier alpha value is -1.26. The SMILES string of the molecule is COc1ccc(C(C)Nc2c(F)cccc2Cl)cc1Br. The third kappa shape index (κ3) is 3.25. The second-order valence-corrected chi connectivity index (χ2v) is 5.62. The van der Waals surface area contributed by atoms with Gasteiger partial charge in [-0.25, -0.2) is 4.39 Å². The van der Waals surface area contributed by atoms with Gasteiger partial charge in [-0.1, -0.05) is 23.7 Å². The van der Waals surface area contributed by atoms with Gasteiger partial charge in [-0.2, -0.15) is 0 Å². The van der Waals surface area contributed by atoms with Crippen LogP contribution in [0.2, 0.25) is 5.02 Å². The zero-order valence-electron chi connectivity index (χ0n) is 11.1. The topological polar surface area (TPSA) is 21.3 Å². The van der Waals surface area contributed by atoms with Crippen molar-refractivity contribution in [2.75, 3.05) is 12.4 Å². The van der Waals surface area contributed by atoms with Gasteiger partial charge < -0.3 is 10.1 Å². The summed E-state index contributed by atoms with van der Waals surface area (Å²) in [6, 6.07) is 10.2. The summed E-state index contributed by atoms with van der Waals surface area (Å²) in [6.07, 6.45) is 0. The van der Waals surface area contributed by atoms with Crippen molar-refractivity contribution in [3.05, 3.63) is 57.3 Å². The summed E-state index contributed by atoms with van der Waals surface area (Å²) in [5, 5.41) is 3.46. The summed E-state index contributed by atoms with van der Waals surface area (Å²) in [4.78, 5) is 0. The van der Waals surface area contributed by atoms with Crippen LogP contribution in [0.1, 0.15) is 18.5 Å². The Bertz CT molecular complexity index is 601. The molecule has 0 aliphatic rings. The molecule has 0 radical (unpaired) electrons. The molecule has 5 heteroatoms. The summed E-state index contributed by atoms with van der Waals surface area (Å²) >= 11 is 9.45. The van der Waals surface area contributed by atoms with E-state index in [0.717, 1.165) is 15.8 Å². The molecule has 0 aliphatic heterocycles. The predicted molar refractivity (Wildman–Crippen MR) is 84.1 cm³/mol. The van der Waals surface area contributed by atoms with Crippen LogP contribution in [-0.4, -0.2) is 7.11 Å². The lowest BCUT2D eigenvalue weighted by Gasteiger charge is -2.18. The molecule has 20 heavy (non-hydrogen) atoms. The van der Waals surface area contributed by atoms with Crippen LogP contribution < -0.4 is 10.1 Å². The van der Waals surface area contributed by atoms with Crippen LogP contribution in [0.25, 0.3) is 0 Å². The van der Waals surface area contributed by atoms with Gasteiger partial charge in [0.1, 0.15) is 11.6 Å². The molecular weight excluding hydrogens is 345 g/mol. The molecule has 106 valence electrons. The van der Waals surface area contributed by atoms with Crippen LogP contribution >= 0.6 is 27.5 Å². The average Bonchev–Trinajstić information content (AvgIpc) is 2.42. The number of benzene rings is 2. The van der Waals surface area contributed by atoms with Gasteiger partial charge >= 0.3 is 0 Å². The number of ether oxygens (including phenoxy) is 1. The maximum atomic E-state index is 13.7. The lowest BCUT2D eigenvalue weighted by molar-refractivity contribution is 0.412. The molecule has 0 heterocycles. The maximum Gasteiger partial charge on any atom is 0.147 e. The zero-order valence-corrected chi connectivity index (χ0v) is 13.4. The van der Waals surface area contributed by atoms with E-state index in [1.807, 2.05) is 25.1 Å². The molecule has 0 fully saturated rings. The number of para-hydroxylation sites is 1. The highest BCUT2D eigenvalue weighted by atomic mass is 79.9. The second-order valence-electron chi connectivity index (χ2n) is 4.36. The molecule has 1 atom stereocenters. The first-order chi connectivity index (χ1) is 9.52. The molecule has 2 rings (SSSR count). The van der Waals surface area contributed by atoms with Gasteiger partial charge in [0, 0.05) is 6.04 Å². The number of methoxy groups -OCH3 is 1. The average molecular weight is 359 g/mol. The van der Waals surface area contributed by atoms with E-state index in [4.69, 9.17) is 16.3 Å². The van der Waals surface area contributed by atoms with E-state index < -0.39 is 0 Å². The minimum absolute atomic E-state index is 0.0911. The summed E-state index contributed by atoms with van der Waals surface area (Å²) in [6.45, 7) is 1.94. The molecule has 1 N–H and O–H groups in total. The van der Waals surface area contributed by atoms with E-state index in [-0.39, 0.29) is 11.9 Å². The molecule has 0 aliphatic carbocycles. The van der Waals surface area contributed by atoms with Crippen molar-refractivity contribution < 1.29 is 9.13 Å². The number of hydrogen-bond donors (Lipinski definition) is 1. The van der Waals surface area contributed by atoms with Gasteiger partial charge in [0.15, 0.2) is 0 Å². The Morgan fingerprint density at radius 3 is 2.65 bits per heavy atom. The highest BCUT2D eigenvalue weighted by Crippen LogP contribution is 2.32. The normalized spacial score (nSPS) is 12.1. The van der Waals surface area contributed by atoms with Crippen molar-refractivity contribution in [1.82, 2.24) is 0 Å². The molecule has 2 aromatic rings. The Balaban J connectivity index is 2.24. The summed E-state index contributed by atoms with van der Waals surface area (Å²) in [5.74, 6) is 0.391. The molecule has 0 aromatic heterocycles. The van der Waals surface area contributed by atoms with Crippen LogP contribution in [0.15, 0.2) is 40.9 Å².